The zero-order valence-electron chi connectivity index (χ0n) is 10.6. The Kier molecular flexibility index (Phi) is 3.12. The molecule has 1 aliphatic carbocycles. The normalized spacial score (nSPS) is 21.9. The predicted molar refractivity (Wildman–Crippen MR) is 73.1 cm³/mol. The van der Waals surface area contributed by atoms with Crippen molar-refractivity contribution in [1.29, 1.82) is 0 Å². The lowest BCUT2D eigenvalue weighted by atomic mass is 10.2. The first-order valence-corrected chi connectivity index (χ1v) is 7.57. The quantitative estimate of drug-likeness (QED) is 0.838. The van der Waals surface area contributed by atoms with Gasteiger partial charge >= 0.3 is 0 Å². The van der Waals surface area contributed by atoms with Crippen molar-refractivity contribution in [1.82, 2.24) is 4.72 Å². The number of sulfonamides is 1. The summed E-state index contributed by atoms with van der Waals surface area (Å²) < 4.78 is 27.2. The zero-order valence-corrected chi connectivity index (χ0v) is 12.2. The molecule has 0 heterocycles. The molecule has 1 aliphatic rings. The van der Waals surface area contributed by atoms with Crippen molar-refractivity contribution in [3.05, 3.63) is 22.7 Å². The van der Waals surface area contributed by atoms with E-state index < -0.39 is 10.0 Å². The number of rotatable bonds is 3. The highest BCUT2D eigenvalue weighted by Gasteiger charge is 2.48. The Morgan fingerprint density at radius 3 is 2.50 bits per heavy atom. The van der Waals surface area contributed by atoms with Crippen molar-refractivity contribution < 1.29 is 8.42 Å². The Hall–Kier alpha value is -0.780. The summed E-state index contributed by atoms with van der Waals surface area (Å²) in [4.78, 5) is 0.201. The number of nitrogens with two attached hydrogens (primary N) is 1. The highest BCUT2D eigenvalue weighted by Crippen LogP contribution is 2.45. The van der Waals surface area contributed by atoms with Crippen LogP contribution in [0.5, 0.6) is 0 Å². The second-order valence-electron chi connectivity index (χ2n) is 5.51. The fourth-order valence-electron chi connectivity index (χ4n) is 1.88. The molecule has 1 aromatic carbocycles. The van der Waals surface area contributed by atoms with Gasteiger partial charge < -0.3 is 5.73 Å². The predicted octanol–water partition coefficient (Wildman–Crippen LogP) is 2.31. The van der Waals surface area contributed by atoms with Gasteiger partial charge in [-0.15, -0.1) is 0 Å². The molecule has 100 valence electrons. The van der Waals surface area contributed by atoms with E-state index in [1.54, 1.807) is 13.0 Å². The third-order valence-corrected chi connectivity index (χ3v) is 5.34. The molecule has 1 fully saturated rings. The number of aryl methyl sites for hydroxylation is 1. The van der Waals surface area contributed by atoms with Crippen molar-refractivity contribution in [2.45, 2.75) is 38.1 Å². The molecular weight excluding hydrogens is 272 g/mol. The lowest BCUT2D eigenvalue weighted by Crippen LogP contribution is -2.29. The van der Waals surface area contributed by atoms with Crippen LogP contribution < -0.4 is 10.5 Å². The summed E-state index contributed by atoms with van der Waals surface area (Å²) in [5, 5.41) is 0.373. The van der Waals surface area contributed by atoms with Gasteiger partial charge in [0, 0.05) is 6.04 Å². The van der Waals surface area contributed by atoms with Crippen LogP contribution in [0.25, 0.3) is 0 Å². The maximum atomic E-state index is 12.2. The summed E-state index contributed by atoms with van der Waals surface area (Å²) in [7, 11) is -3.53. The van der Waals surface area contributed by atoms with Crippen LogP contribution in [-0.4, -0.2) is 14.5 Å². The second kappa shape index (κ2) is 4.11. The van der Waals surface area contributed by atoms with Crippen molar-refractivity contribution >= 4 is 27.3 Å². The highest BCUT2D eigenvalue weighted by molar-refractivity contribution is 7.89. The van der Waals surface area contributed by atoms with Gasteiger partial charge in [0.05, 0.1) is 15.6 Å². The summed E-state index contributed by atoms with van der Waals surface area (Å²) in [6, 6.07) is 2.98. The third kappa shape index (κ3) is 2.48. The van der Waals surface area contributed by atoms with Gasteiger partial charge in [0.2, 0.25) is 10.0 Å². The van der Waals surface area contributed by atoms with Crippen LogP contribution in [0.1, 0.15) is 25.8 Å². The molecule has 1 aromatic rings. The lowest BCUT2D eigenvalue weighted by molar-refractivity contribution is 0.554. The molecule has 3 N–H and O–H groups in total. The standard InChI is InChI=1S/C12H17ClN2O2S/c1-7-4-8(13)9(14)5-10(7)18(16,17)15-11-6-12(11,2)3/h4-5,11,15H,6,14H2,1-3H3. The van der Waals surface area contributed by atoms with Crippen LogP contribution in [0, 0.1) is 12.3 Å². The Morgan fingerprint density at radius 2 is 2.00 bits per heavy atom. The van der Waals surface area contributed by atoms with Gasteiger partial charge in [0.15, 0.2) is 0 Å². The van der Waals surface area contributed by atoms with E-state index in [4.69, 9.17) is 17.3 Å². The maximum Gasteiger partial charge on any atom is 0.241 e. The van der Waals surface area contributed by atoms with E-state index in [0.717, 1.165) is 6.42 Å². The second-order valence-corrected chi connectivity index (χ2v) is 7.60. The van der Waals surface area contributed by atoms with Crippen molar-refractivity contribution in [3.8, 4) is 0 Å². The molecule has 1 saturated carbocycles. The summed E-state index contributed by atoms with van der Waals surface area (Å²) in [6.45, 7) is 5.77. The largest absolute Gasteiger partial charge is 0.397 e. The number of anilines is 1. The van der Waals surface area contributed by atoms with E-state index >= 15 is 0 Å². The molecule has 0 bridgehead atoms. The van der Waals surface area contributed by atoms with Crippen LogP contribution in [0.15, 0.2) is 17.0 Å². The van der Waals surface area contributed by atoms with Crippen LogP contribution in [-0.2, 0) is 10.0 Å². The molecule has 2 rings (SSSR count). The van der Waals surface area contributed by atoms with Crippen LogP contribution in [0.2, 0.25) is 5.02 Å². The number of hydrogen-bond acceptors (Lipinski definition) is 3. The molecule has 0 amide bonds. The molecule has 1 unspecified atom stereocenters. The van der Waals surface area contributed by atoms with Gasteiger partial charge in [-0.2, -0.15) is 0 Å². The van der Waals surface area contributed by atoms with Crippen molar-refractivity contribution in [3.63, 3.8) is 0 Å². The molecule has 18 heavy (non-hydrogen) atoms. The average molecular weight is 289 g/mol. The summed E-state index contributed by atoms with van der Waals surface area (Å²) in [5.74, 6) is 0. The monoisotopic (exact) mass is 288 g/mol. The van der Waals surface area contributed by atoms with E-state index in [9.17, 15) is 8.42 Å². The van der Waals surface area contributed by atoms with Crippen LogP contribution >= 0.6 is 11.6 Å². The number of nitrogens with one attached hydrogen (secondary N) is 1. The molecule has 1 atom stereocenters. The molecule has 4 nitrogen and oxygen atoms in total. The summed E-state index contributed by atoms with van der Waals surface area (Å²) in [5.41, 5.74) is 6.58. The van der Waals surface area contributed by atoms with E-state index in [1.807, 2.05) is 13.8 Å². The zero-order chi connectivity index (χ0) is 13.7. The molecular formula is C12H17ClN2O2S. The highest BCUT2D eigenvalue weighted by atomic mass is 35.5. The Balaban J connectivity index is 2.33. The van der Waals surface area contributed by atoms with Crippen LogP contribution in [0.3, 0.4) is 0 Å². The molecule has 0 aromatic heterocycles. The van der Waals surface area contributed by atoms with Gasteiger partial charge in [-0.05, 0) is 36.5 Å². The summed E-state index contributed by atoms with van der Waals surface area (Å²) >= 11 is 5.86. The first-order valence-electron chi connectivity index (χ1n) is 5.71. The maximum absolute atomic E-state index is 12.2. The topological polar surface area (TPSA) is 72.2 Å². The SMILES string of the molecule is Cc1cc(Cl)c(N)cc1S(=O)(=O)NC1CC1(C)C. The average Bonchev–Trinajstić information content (AvgIpc) is 2.78. The lowest BCUT2D eigenvalue weighted by Gasteiger charge is -2.12. The van der Waals surface area contributed by atoms with Crippen molar-refractivity contribution in [2.75, 3.05) is 5.73 Å². The van der Waals surface area contributed by atoms with E-state index in [1.165, 1.54) is 6.07 Å². The van der Waals surface area contributed by atoms with Crippen molar-refractivity contribution in [2.24, 2.45) is 5.41 Å². The Bertz CT molecular complexity index is 596. The Morgan fingerprint density at radius 1 is 1.44 bits per heavy atom. The smallest absolute Gasteiger partial charge is 0.241 e. The van der Waals surface area contributed by atoms with E-state index in [2.05, 4.69) is 4.72 Å². The first kappa shape index (κ1) is 13.6. The number of halogens is 1. The van der Waals surface area contributed by atoms with Crippen LogP contribution in [0.4, 0.5) is 5.69 Å². The van der Waals surface area contributed by atoms with E-state index in [-0.39, 0.29) is 22.0 Å². The minimum Gasteiger partial charge on any atom is -0.397 e. The van der Waals surface area contributed by atoms with Gasteiger partial charge in [-0.1, -0.05) is 25.4 Å². The molecule has 0 saturated heterocycles. The molecule has 0 radical (unpaired) electrons. The third-order valence-electron chi connectivity index (χ3n) is 3.39. The molecule has 0 aliphatic heterocycles. The number of benzene rings is 1. The van der Waals surface area contributed by atoms with E-state index in [0.29, 0.717) is 10.6 Å². The first-order chi connectivity index (χ1) is 8.13. The van der Waals surface area contributed by atoms with Gasteiger partial charge in [-0.25, -0.2) is 13.1 Å². The number of nitrogen functional groups attached to an aromatic ring is 1. The minimum absolute atomic E-state index is 0.00111. The minimum atomic E-state index is -3.53. The fourth-order valence-corrected chi connectivity index (χ4v) is 3.76. The Labute approximate surface area is 113 Å². The molecule has 0 spiro atoms. The van der Waals surface area contributed by atoms with Gasteiger partial charge in [0.1, 0.15) is 0 Å². The summed E-state index contributed by atoms with van der Waals surface area (Å²) in [6.07, 6.45) is 0.856. The molecule has 6 heteroatoms. The number of hydrogen-bond donors (Lipinski definition) is 2. The van der Waals surface area contributed by atoms with Gasteiger partial charge in [0.25, 0.3) is 0 Å². The van der Waals surface area contributed by atoms with Gasteiger partial charge in [-0.3, -0.25) is 0 Å². The fraction of sp³-hybridized carbons (Fsp3) is 0.500.